The maximum absolute atomic E-state index is 12.3. The first-order valence-electron chi connectivity index (χ1n) is 7.11. The second kappa shape index (κ2) is 6.37. The normalized spacial score (nSPS) is 25.8. The lowest BCUT2D eigenvalue weighted by Gasteiger charge is -2.34. The number of carbonyl (C=O) groups excluding carboxylic acids is 2. The zero-order valence-electron chi connectivity index (χ0n) is 11.5. The molecule has 5 heteroatoms. The molecule has 0 radical (unpaired) electrons. The molecule has 108 valence electrons. The van der Waals surface area contributed by atoms with E-state index >= 15 is 0 Å². The van der Waals surface area contributed by atoms with Crippen LogP contribution in [0.3, 0.4) is 0 Å². The molecule has 0 amide bonds. The van der Waals surface area contributed by atoms with Gasteiger partial charge in [0.15, 0.2) is 0 Å². The predicted molar refractivity (Wildman–Crippen MR) is 67.5 cm³/mol. The molecule has 0 aromatic carbocycles. The molecule has 1 saturated carbocycles. The van der Waals surface area contributed by atoms with E-state index in [0.29, 0.717) is 12.8 Å². The lowest BCUT2D eigenvalue weighted by atomic mass is 9.84. The van der Waals surface area contributed by atoms with E-state index in [0.717, 1.165) is 38.7 Å². The maximum atomic E-state index is 12.3. The monoisotopic (exact) mass is 270 g/mol. The summed E-state index contributed by atoms with van der Waals surface area (Å²) >= 11 is 0. The van der Waals surface area contributed by atoms with Crippen molar-refractivity contribution < 1.29 is 23.8 Å². The molecule has 0 aromatic heterocycles. The molecular weight excluding hydrogens is 248 g/mol. The summed E-state index contributed by atoms with van der Waals surface area (Å²) in [6.07, 6.45) is 5.92. The van der Waals surface area contributed by atoms with Crippen LogP contribution in [0.1, 0.15) is 51.9 Å². The molecule has 1 aliphatic heterocycles. The zero-order chi connectivity index (χ0) is 13.7. The molecular formula is C14H22O5. The third kappa shape index (κ3) is 3.69. The van der Waals surface area contributed by atoms with Gasteiger partial charge in [0, 0.05) is 13.5 Å². The topological polar surface area (TPSA) is 61.8 Å². The Morgan fingerprint density at radius 2 is 1.95 bits per heavy atom. The second-order valence-corrected chi connectivity index (χ2v) is 5.38. The summed E-state index contributed by atoms with van der Waals surface area (Å²) in [5.41, 5.74) is -1.05. The summed E-state index contributed by atoms with van der Waals surface area (Å²) in [5, 5.41) is 0. The summed E-state index contributed by atoms with van der Waals surface area (Å²) in [7, 11) is 0. The van der Waals surface area contributed by atoms with Gasteiger partial charge >= 0.3 is 11.9 Å². The Hall–Kier alpha value is -1.10. The molecule has 1 saturated heterocycles. The summed E-state index contributed by atoms with van der Waals surface area (Å²) < 4.78 is 16.0. The molecule has 0 N–H and O–H groups in total. The number of hydrogen-bond donors (Lipinski definition) is 0. The Balaban J connectivity index is 1.92. The van der Waals surface area contributed by atoms with Crippen LogP contribution in [0.5, 0.6) is 0 Å². The molecule has 0 bridgehead atoms. The Morgan fingerprint density at radius 1 is 1.21 bits per heavy atom. The maximum Gasteiger partial charge on any atom is 0.350 e. The number of carbonyl (C=O) groups is 2. The van der Waals surface area contributed by atoms with Gasteiger partial charge in [-0.05, 0) is 38.5 Å². The van der Waals surface area contributed by atoms with E-state index < -0.39 is 17.5 Å². The molecule has 1 heterocycles. The van der Waals surface area contributed by atoms with Crippen molar-refractivity contribution in [3.63, 3.8) is 0 Å². The molecule has 1 atom stereocenters. The quantitative estimate of drug-likeness (QED) is 0.731. The fraction of sp³-hybridized carbons (Fsp3) is 0.857. The standard InChI is InChI=1S/C14H22O5/c1-11(15)19-14(7-3-2-4-8-14)13(16)18-10-12-6-5-9-17-12/h12H,2-10H2,1H3. The van der Waals surface area contributed by atoms with Gasteiger partial charge in [-0.3, -0.25) is 4.79 Å². The highest BCUT2D eigenvalue weighted by atomic mass is 16.6. The van der Waals surface area contributed by atoms with Gasteiger partial charge in [-0.25, -0.2) is 4.79 Å². The van der Waals surface area contributed by atoms with Crippen LogP contribution in [0.15, 0.2) is 0 Å². The van der Waals surface area contributed by atoms with E-state index in [1.54, 1.807) is 0 Å². The van der Waals surface area contributed by atoms with Crippen LogP contribution in [0.2, 0.25) is 0 Å². The van der Waals surface area contributed by atoms with Crippen LogP contribution in [-0.2, 0) is 23.8 Å². The van der Waals surface area contributed by atoms with E-state index in [-0.39, 0.29) is 12.7 Å². The first-order chi connectivity index (χ1) is 9.12. The van der Waals surface area contributed by atoms with Crippen LogP contribution >= 0.6 is 0 Å². The molecule has 1 unspecified atom stereocenters. The van der Waals surface area contributed by atoms with Crippen molar-refractivity contribution in [3.05, 3.63) is 0 Å². The highest BCUT2D eigenvalue weighted by molar-refractivity contribution is 5.83. The van der Waals surface area contributed by atoms with Crippen molar-refractivity contribution in [2.24, 2.45) is 0 Å². The largest absolute Gasteiger partial charge is 0.460 e. The first-order valence-corrected chi connectivity index (χ1v) is 7.11. The van der Waals surface area contributed by atoms with Crippen LogP contribution in [0, 0.1) is 0 Å². The SMILES string of the molecule is CC(=O)OC1(C(=O)OCC2CCCO2)CCCCC1. The summed E-state index contributed by atoms with van der Waals surface area (Å²) in [6.45, 7) is 2.34. The average molecular weight is 270 g/mol. The molecule has 2 rings (SSSR count). The fourth-order valence-electron chi connectivity index (χ4n) is 2.82. The highest BCUT2D eigenvalue weighted by Gasteiger charge is 2.44. The van der Waals surface area contributed by atoms with E-state index in [9.17, 15) is 9.59 Å². The molecule has 0 aromatic rings. The van der Waals surface area contributed by atoms with Crippen molar-refractivity contribution >= 4 is 11.9 Å². The third-order valence-corrected chi connectivity index (χ3v) is 3.80. The molecule has 19 heavy (non-hydrogen) atoms. The molecule has 0 spiro atoms. The van der Waals surface area contributed by atoms with E-state index in [1.807, 2.05) is 0 Å². The first kappa shape index (κ1) is 14.3. The van der Waals surface area contributed by atoms with Gasteiger partial charge in [-0.15, -0.1) is 0 Å². The molecule has 1 aliphatic carbocycles. The Labute approximate surface area is 113 Å². The van der Waals surface area contributed by atoms with Gasteiger partial charge in [0.05, 0.1) is 6.10 Å². The van der Waals surface area contributed by atoms with Crippen LogP contribution < -0.4 is 0 Å². The van der Waals surface area contributed by atoms with Gasteiger partial charge in [-0.2, -0.15) is 0 Å². The Kier molecular flexibility index (Phi) is 4.80. The minimum absolute atomic E-state index is 0.00178. The summed E-state index contributed by atoms with van der Waals surface area (Å²) in [5.74, 6) is -0.825. The van der Waals surface area contributed by atoms with E-state index in [2.05, 4.69) is 0 Å². The zero-order valence-corrected chi connectivity index (χ0v) is 11.5. The highest BCUT2D eigenvalue weighted by Crippen LogP contribution is 2.33. The van der Waals surface area contributed by atoms with Crippen LogP contribution in [0.25, 0.3) is 0 Å². The number of hydrogen-bond acceptors (Lipinski definition) is 5. The van der Waals surface area contributed by atoms with Crippen molar-refractivity contribution in [1.29, 1.82) is 0 Å². The lowest BCUT2D eigenvalue weighted by Crippen LogP contribution is -2.46. The molecule has 2 aliphatic rings. The van der Waals surface area contributed by atoms with Gasteiger partial charge in [0.1, 0.15) is 6.61 Å². The van der Waals surface area contributed by atoms with Gasteiger partial charge < -0.3 is 14.2 Å². The van der Waals surface area contributed by atoms with Gasteiger partial charge in [-0.1, -0.05) is 6.42 Å². The fourth-order valence-corrected chi connectivity index (χ4v) is 2.82. The summed E-state index contributed by atoms with van der Waals surface area (Å²) in [6, 6.07) is 0. The van der Waals surface area contributed by atoms with Crippen molar-refractivity contribution in [2.75, 3.05) is 13.2 Å². The van der Waals surface area contributed by atoms with E-state index in [1.165, 1.54) is 6.92 Å². The van der Waals surface area contributed by atoms with Crippen molar-refractivity contribution in [2.45, 2.75) is 63.6 Å². The number of esters is 2. The second-order valence-electron chi connectivity index (χ2n) is 5.38. The predicted octanol–water partition coefficient (Wildman–Crippen LogP) is 1.97. The Bertz CT molecular complexity index is 327. The molecule has 5 nitrogen and oxygen atoms in total. The minimum Gasteiger partial charge on any atom is -0.460 e. The number of rotatable bonds is 4. The Morgan fingerprint density at radius 3 is 2.53 bits per heavy atom. The third-order valence-electron chi connectivity index (χ3n) is 3.80. The van der Waals surface area contributed by atoms with Gasteiger partial charge in [0.2, 0.25) is 5.60 Å². The van der Waals surface area contributed by atoms with E-state index in [4.69, 9.17) is 14.2 Å². The van der Waals surface area contributed by atoms with Crippen molar-refractivity contribution in [1.82, 2.24) is 0 Å². The van der Waals surface area contributed by atoms with Crippen LogP contribution in [-0.4, -0.2) is 36.9 Å². The van der Waals surface area contributed by atoms with Crippen LogP contribution in [0.4, 0.5) is 0 Å². The lowest BCUT2D eigenvalue weighted by molar-refractivity contribution is -0.187. The smallest absolute Gasteiger partial charge is 0.350 e. The van der Waals surface area contributed by atoms with Crippen molar-refractivity contribution in [3.8, 4) is 0 Å². The average Bonchev–Trinajstić information content (AvgIpc) is 2.89. The summed E-state index contributed by atoms with van der Waals surface area (Å²) in [4.78, 5) is 23.5. The minimum atomic E-state index is -1.05. The number of ether oxygens (including phenoxy) is 3. The van der Waals surface area contributed by atoms with Gasteiger partial charge in [0.25, 0.3) is 0 Å². The molecule has 2 fully saturated rings.